The van der Waals surface area contributed by atoms with Crippen molar-refractivity contribution in [2.45, 2.75) is 6.04 Å². The number of halogens is 1. The monoisotopic (exact) mass is 195 g/mol. The molecule has 1 aromatic rings. The number of benzene rings is 1. The van der Waals surface area contributed by atoms with Gasteiger partial charge in [-0.25, -0.2) is 5.06 Å². The first-order chi connectivity index (χ1) is 6.33. The molecule has 13 heavy (non-hydrogen) atoms. The highest BCUT2D eigenvalue weighted by Gasteiger charge is 2.19. The lowest BCUT2D eigenvalue weighted by Crippen LogP contribution is -2.34. The second-order valence-corrected chi connectivity index (χ2v) is 3.29. The number of alkyl halides is 1. The fourth-order valence-electron chi connectivity index (χ4n) is 1.43. The number of hydroxylamine groups is 1. The molecule has 2 rings (SSSR count). The van der Waals surface area contributed by atoms with Crippen molar-refractivity contribution in [1.29, 1.82) is 0 Å². The Labute approximate surface area is 82.0 Å². The van der Waals surface area contributed by atoms with Gasteiger partial charge in [0.25, 0.3) is 0 Å². The smallest absolute Gasteiger partial charge is 0.0882 e. The van der Waals surface area contributed by atoms with E-state index in [0.29, 0.717) is 5.88 Å². The summed E-state index contributed by atoms with van der Waals surface area (Å²) in [5, 5.41) is 10.9. The highest BCUT2D eigenvalue weighted by Crippen LogP contribution is 2.27. The summed E-state index contributed by atoms with van der Waals surface area (Å²) in [6.07, 6.45) is 3.88. The van der Waals surface area contributed by atoms with Crippen molar-refractivity contribution in [3.8, 4) is 0 Å². The molecule has 1 aliphatic heterocycles. The summed E-state index contributed by atoms with van der Waals surface area (Å²) in [6.45, 7) is 0. The van der Waals surface area contributed by atoms with E-state index in [-0.39, 0.29) is 6.04 Å². The Bertz CT molecular complexity index is 337. The van der Waals surface area contributed by atoms with E-state index in [2.05, 4.69) is 0 Å². The Hall–Kier alpha value is -0.990. The van der Waals surface area contributed by atoms with Gasteiger partial charge in [-0.15, -0.1) is 11.6 Å². The summed E-state index contributed by atoms with van der Waals surface area (Å²) in [5.41, 5.74) is 1.84. The van der Waals surface area contributed by atoms with Crippen molar-refractivity contribution in [2.75, 3.05) is 10.9 Å². The lowest BCUT2D eigenvalue weighted by atomic mass is 10.1. The number of hydrogen-bond acceptors (Lipinski definition) is 2. The number of para-hydroxylation sites is 1. The third kappa shape index (κ3) is 1.43. The Morgan fingerprint density at radius 2 is 2.15 bits per heavy atom. The van der Waals surface area contributed by atoms with Crippen LogP contribution in [0.1, 0.15) is 5.56 Å². The van der Waals surface area contributed by atoms with Gasteiger partial charge in [0.1, 0.15) is 0 Å². The van der Waals surface area contributed by atoms with Crippen LogP contribution in [0.2, 0.25) is 0 Å². The molecule has 1 atom stereocenters. The van der Waals surface area contributed by atoms with E-state index in [9.17, 15) is 5.21 Å². The van der Waals surface area contributed by atoms with E-state index in [4.69, 9.17) is 11.6 Å². The molecular formula is C10H10ClNO. The van der Waals surface area contributed by atoms with E-state index < -0.39 is 0 Å². The summed E-state index contributed by atoms with van der Waals surface area (Å²) in [6, 6.07) is 7.55. The molecule has 0 fully saturated rings. The van der Waals surface area contributed by atoms with Crippen LogP contribution in [0.4, 0.5) is 5.69 Å². The van der Waals surface area contributed by atoms with Gasteiger partial charge in [0.05, 0.1) is 11.7 Å². The predicted octanol–water partition coefficient (Wildman–Crippen LogP) is 2.52. The minimum absolute atomic E-state index is 0.114. The average molecular weight is 196 g/mol. The van der Waals surface area contributed by atoms with Crippen molar-refractivity contribution < 1.29 is 5.21 Å². The van der Waals surface area contributed by atoms with Crippen molar-refractivity contribution in [3.63, 3.8) is 0 Å². The van der Waals surface area contributed by atoms with E-state index >= 15 is 0 Å². The van der Waals surface area contributed by atoms with Crippen LogP contribution < -0.4 is 5.06 Å². The third-order valence-corrected chi connectivity index (χ3v) is 2.47. The lowest BCUT2D eigenvalue weighted by Gasteiger charge is -2.28. The summed E-state index contributed by atoms with van der Waals surface area (Å²) >= 11 is 5.69. The van der Waals surface area contributed by atoms with E-state index in [1.54, 1.807) is 0 Å². The summed E-state index contributed by atoms with van der Waals surface area (Å²) < 4.78 is 0. The molecule has 1 aliphatic rings. The molecule has 0 aliphatic carbocycles. The summed E-state index contributed by atoms with van der Waals surface area (Å²) in [5.74, 6) is 0.390. The molecule has 1 unspecified atom stereocenters. The van der Waals surface area contributed by atoms with Gasteiger partial charge in [-0.1, -0.05) is 30.4 Å². The number of rotatable bonds is 1. The van der Waals surface area contributed by atoms with Crippen LogP contribution in [0.3, 0.4) is 0 Å². The first-order valence-corrected chi connectivity index (χ1v) is 4.67. The predicted molar refractivity (Wildman–Crippen MR) is 54.2 cm³/mol. The molecule has 68 valence electrons. The molecule has 2 nitrogen and oxygen atoms in total. The number of nitrogens with zero attached hydrogens (tertiary/aromatic N) is 1. The van der Waals surface area contributed by atoms with Crippen molar-refractivity contribution in [3.05, 3.63) is 35.9 Å². The van der Waals surface area contributed by atoms with Gasteiger partial charge < -0.3 is 0 Å². The maximum absolute atomic E-state index is 9.72. The molecular weight excluding hydrogens is 186 g/mol. The molecule has 0 spiro atoms. The van der Waals surface area contributed by atoms with Gasteiger partial charge in [0.2, 0.25) is 0 Å². The van der Waals surface area contributed by atoms with Crippen LogP contribution in [0.25, 0.3) is 6.08 Å². The molecule has 0 saturated carbocycles. The summed E-state index contributed by atoms with van der Waals surface area (Å²) in [4.78, 5) is 0. The van der Waals surface area contributed by atoms with E-state index in [1.807, 2.05) is 36.4 Å². The Morgan fingerprint density at radius 3 is 2.92 bits per heavy atom. The topological polar surface area (TPSA) is 23.5 Å². The molecule has 1 aromatic carbocycles. The van der Waals surface area contributed by atoms with Crippen molar-refractivity contribution in [1.82, 2.24) is 0 Å². The molecule has 0 amide bonds. The zero-order valence-electron chi connectivity index (χ0n) is 7.02. The molecule has 0 radical (unpaired) electrons. The van der Waals surface area contributed by atoms with Crippen LogP contribution in [0.5, 0.6) is 0 Å². The first kappa shape index (κ1) is 8.60. The zero-order chi connectivity index (χ0) is 9.26. The maximum atomic E-state index is 9.72. The largest absolute Gasteiger partial charge is 0.288 e. The van der Waals surface area contributed by atoms with Crippen LogP contribution >= 0.6 is 11.6 Å². The van der Waals surface area contributed by atoms with Crippen molar-refractivity contribution in [2.24, 2.45) is 0 Å². The Kier molecular flexibility index (Phi) is 2.25. The average Bonchev–Trinajstić information content (AvgIpc) is 2.19. The molecule has 3 heteroatoms. The van der Waals surface area contributed by atoms with Crippen LogP contribution in [0, 0.1) is 0 Å². The molecule has 0 saturated heterocycles. The van der Waals surface area contributed by atoms with Crippen LogP contribution in [-0.2, 0) is 0 Å². The maximum Gasteiger partial charge on any atom is 0.0882 e. The zero-order valence-corrected chi connectivity index (χ0v) is 7.78. The standard InChI is InChI=1S/C10H10ClNO/c11-7-9-6-5-8-3-1-2-4-10(8)12(9)13/h1-6,9,13H,7H2. The van der Waals surface area contributed by atoms with Gasteiger partial charge in [-0.2, -0.15) is 0 Å². The highest BCUT2D eigenvalue weighted by molar-refractivity contribution is 6.18. The Morgan fingerprint density at radius 1 is 1.38 bits per heavy atom. The Balaban J connectivity index is 2.42. The molecule has 1 N–H and O–H groups in total. The van der Waals surface area contributed by atoms with E-state index in [0.717, 1.165) is 11.3 Å². The number of fused-ring (bicyclic) bond motifs is 1. The van der Waals surface area contributed by atoms with Crippen molar-refractivity contribution >= 4 is 23.4 Å². The van der Waals surface area contributed by atoms with Gasteiger partial charge in [-0.3, -0.25) is 5.21 Å². The molecule has 0 bridgehead atoms. The minimum atomic E-state index is -0.114. The van der Waals surface area contributed by atoms with Crippen LogP contribution in [-0.4, -0.2) is 17.1 Å². The van der Waals surface area contributed by atoms with Gasteiger partial charge >= 0.3 is 0 Å². The van der Waals surface area contributed by atoms with Gasteiger partial charge in [0.15, 0.2) is 0 Å². The fourth-order valence-corrected chi connectivity index (χ4v) is 1.66. The van der Waals surface area contributed by atoms with Gasteiger partial charge in [0, 0.05) is 5.88 Å². The quantitative estimate of drug-likeness (QED) is 0.697. The molecule has 0 aromatic heterocycles. The second-order valence-electron chi connectivity index (χ2n) is 2.98. The second kappa shape index (κ2) is 3.40. The minimum Gasteiger partial charge on any atom is -0.288 e. The molecule has 1 heterocycles. The van der Waals surface area contributed by atoms with E-state index in [1.165, 1.54) is 5.06 Å². The van der Waals surface area contributed by atoms with Gasteiger partial charge in [-0.05, 0) is 11.6 Å². The number of hydrogen-bond donors (Lipinski definition) is 1. The normalized spacial score (nSPS) is 20.2. The van der Waals surface area contributed by atoms with Crippen LogP contribution in [0.15, 0.2) is 30.3 Å². The SMILES string of the molecule is ON1c2ccccc2C=CC1CCl. The first-order valence-electron chi connectivity index (χ1n) is 4.14. The highest BCUT2D eigenvalue weighted by atomic mass is 35.5. The summed E-state index contributed by atoms with van der Waals surface area (Å²) in [7, 11) is 0. The fraction of sp³-hybridized carbons (Fsp3) is 0.200. The number of anilines is 1. The lowest BCUT2D eigenvalue weighted by molar-refractivity contribution is 0.238. The third-order valence-electron chi connectivity index (χ3n) is 2.15.